The number of nitrogens with zero attached hydrogens (tertiary/aromatic N) is 2. The smallest absolute Gasteiger partial charge is 0.264 e. The molecule has 1 N–H and O–H groups in total. The van der Waals surface area contributed by atoms with Crippen molar-refractivity contribution in [3.8, 4) is 0 Å². The molecule has 40 heavy (non-hydrogen) atoms. The molecule has 212 valence electrons. The summed E-state index contributed by atoms with van der Waals surface area (Å²) < 4.78 is 28.8. The third-order valence-corrected chi connectivity index (χ3v) is 9.31. The molecule has 2 amide bonds. The highest BCUT2D eigenvalue weighted by Gasteiger charge is 2.33. The molecule has 4 rings (SSSR count). The third kappa shape index (κ3) is 7.36. The van der Waals surface area contributed by atoms with E-state index in [0.29, 0.717) is 0 Å². The van der Waals surface area contributed by atoms with Gasteiger partial charge in [0.25, 0.3) is 10.0 Å². The van der Waals surface area contributed by atoms with E-state index in [9.17, 15) is 18.0 Å². The molecule has 0 aliphatic heterocycles. The van der Waals surface area contributed by atoms with Crippen molar-refractivity contribution in [2.24, 2.45) is 0 Å². The number of carbonyl (C=O) groups excluding carboxylic acids is 2. The summed E-state index contributed by atoms with van der Waals surface area (Å²) in [6.45, 7) is 3.10. The van der Waals surface area contributed by atoms with Crippen molar-refractivity contribution >= 4 is 50.7 Å². The van der Waals surface area contributed by atoms with Gasteiger partial charge in [-0.1, -0.05) is 84.1 Å². The van der Waals surface area contributed by atoms with Gasteiger partial charge in [-0.25, -0.2) is 8.42 Å². The average Bonchev–Trinajstić information content (AvgIpc) is 3.43. The molecule has 1 fully saturated rings. The number of sulfonamides is 1. The zero-order valence-corrected chi connectivity index (χ0v) is 24.8. The van der Waals surface area contributed by atoms with Gasteiger partial charge < -0.3 is 10.2 Å². The van der Waals surface area contributed by atoms with Crippen LogP contribution in [-0.2, 0) is 26.2 Å². The maximum atomic E-state index is 14.0. The van der Waals surface area contributed by atoms with Crippen molar-refractivity contribution in [1.29, 1.82) is 0 Å². The average molecular weight is 603 g/mol. The van der Waals surface area contributed by atoms with Gasteiger partial charge in [-0.15, -0.1) is 0 Å². The fourth-order valence-corrected chi connectivity index (χ4v) is 6.72. The maximum absolute atomic E-state index is 14.0. The first-order valence-electron chi connectivity index (χ1n) is 13.2. The van der Waals surface area contributed by atoms with Crippen LogP contribution < -0.4 is 9.62 Å². The maximum Gasteiger partial charge on any atom is 0.264 e. The molecule has 7 nitrogen and oxygen atoms in total. The van der Waals surface area contributed by atoms with Crippen LogP contribution in [-0.4, -0.2) is 43.8 Å². The Morgan fingerprint density at radius 2 is 1.55 bits per heavy atom. The molecule has 0 heterocycles. The molecule has 1 unspecified atom stereocenters. The minimum atomic E-state index is -4.20. The predicted octanol–water partition coefficient (Wildman–Crippen LogP) is 5.97. The summed E-state index contributed by atoms with van der Waals surface area (Å²) in [7, 11) is -4.20. The van der Waals surface area contributed by atoms with Gasteiger partial charge in [0, 0.05) is 22.6 Å². The van der Waals surface area contributed by atoms with Crippen LogP contribution >= 0.6 is 23.2 Å². The number of aryl methyl sites for hydroxylation is 1. The molecular formula is C30H33Cl2N3O4S. The zero-order chi connectivity index (χ0) is 28.9. The van der Waals surface area contributed by atoms with E-state index >= 15 is 0 Å². The van der Waals surface area contributed by atoms with Crippen molar-refractivity contribution < 1.29 is 18.0 Å². The second-order valence-corrected chi connectivity index (χ2v) is 12.9. The Labute approximate surface area is 246 Å². The van der Waals surface area contributed by atoms with Crippen molar-refractivity contribution in [3.63, 3.8) is 0 Å². The lowest BCUT2D eigenvalue weighted by atomic mass is 10.1. The van der Waals surface area contributed by atoms with E-state index < -0.39 is 28.5 Å². The summed E-state index contributed by atoms with van der Waals surface area (Å²) in [5, 5.41) is 3.51. The summed E-state index contributed by atoms with van der Waals surface area (Å²) in [6, 6.07) is 19.3. The molecule has 3 aromatic rings. The van der Waals surface area contributed by atoms with Crippen LogP contribution in [0.2, 0.25) is 10.0 Å². The molecule has 1 atom stereocenters. The number of amides is 2. The lowest BCUT2D eigenvalue weighted by Gasteiger charge is -2.32. The zero-order valence-electron chi connectivity index (χ0n) is 22.5. The van der Waals surface area contributed by atoms with E-state index in [-0.39, 0.29) is 39.1 Å². The molecule has 0 aromatic heterocycles. The van der Waals surface area contributed by atoms with E-state index in [1.165, 1.54) is 35.2 Å². The van der Waals surface area contributed by atoms with Gasteiger partial charge in [0.1, 0.15) is 12.6 Å². The second kappa shape index (κ2) is 13.1. The topological polar surface area (TPSA) is 86.8 Å². The Morgan fingerprint density at radius 3 is 2.15 bits per heavy atom. The Hall–Kier alpha value is -3.07. The van der Waals surface area contributed by atoms with Crippen molar-refractivity contribution in [2.45, 2.75) is 63.1 Å². The number of hydrogen-bond acceptors (Lipinski definition) is 4. The number of anilines is 1. The number of carbonyl (C=O) groups is 2. The van der Waals surface area contributed by atoms with Crippen LogP contribution in [0.3, 0.4) is 0 Å². The first-order chi connectivity index (χ1) is 19.0. The largest absolute Gasteiger partial charge is 0.352 e. The normalized spacial score (nSPS) is 14.5. The quantitative estimate of drug-likeness (QED) is 0.310. The molecule has 0 spiro atoms. The van der Waals surface area contributed by atoms with Gasteiger partial charge in [-0.2, -0.15) is 0 Å². The standard InChI is InChI=1S/C30H33Cl2N3O4S/c1-21-12-14-28(15-13-21)40(38,39)35(27-17-24(31)16-25(32)18-27)20-29(36)34(19-23-8-4-3-5-9-23)22(2)30(37)33-26-10-6-7-11-26/h3-5,8-9,12-18,22,26H,6-7,10-11,19-20H2,1-2H3,(H,33,37). The van der Waals surface area contributed by atoms with Gasteiger partial charge in [-0.3, -0.25) is 13.9 Å². The summed E-state index contributed by atoms with van der Waals surface area (Å²) >= 11 is 12.5. The SMILES string of the molecule is Cc1ccc(S(=O)(=O)N(CC(=O)N(Cc2ccccc2)C(C)C(=O)NC2CCCC2)c2cc(Cl)cc(Cl)c2)cc1. The van der Waals surface area contributed by atoms with Crippen molar-refractivity contribution in [3.05, 3.63) is 94.0 Å². The number of benzene rings is 3. The van der Waals surface area contributed by atoms with Crippen LogP contribution in [0.5, 0.6) is 0 Å². The summed E-state index contributed by atoms with van der Waals surface area (Å²) in [4.78, 5) is 28.7. The summed E-state index contributed by atoms with van der Waals surface area (Å²) in [5.74, 6) is -0.806. The van der Waals surface area contributed by atoms with E-state index in [0.717, 1.165) is 41.1 Å². The van der Waals surface area contributed by atoms with Crippen LogP contribution in [0.4, 0.5) is 5.69 Å². The molecule has 10 heteroatoms. The van der Waals surface area contributed by atoms with Gasteiger partial charge in [0.05, 0.1) is 10.6 Å². The molecule has 0 bridgehead atoms. The third-order valence-electron chi connectivity index (χ3n) is 7.09. The second-order valence-electron chi connectivity index (χ2n) is 10.1. The van der Waals surface area contributed by atoms with Gasteiger partial charge >= 0.3 is 0 Å². The van der Waals surface area contributed by atoms with Crippen LogP contribution in [0.15, 0.2) is 77.7 Å². The first kappa shape index (κ1) is 29.9. The lowest BCUT2D eigenvalue weighted by molar-refractivity contribution is -0.139. The summed E-state index contributed by atoms with van der Waals surface area (Å²) in [5.41, 5.74) is 1.85. The van der Waals surface area contributed by atoms with Crippen LogP contribution in [0.1, 0.15) is 43.7 Å². The minimum Gasteiger partial charge on any atom is -0.352 e. The molecular weight excluding hydrogens is 569 g/mol. The van der Waals surface area contributed by atoms with Crippen molar-refractivity contribution in [1.82, 2.24) is 10.2 Å². The Balaban J connectivity index is 1.70. The molecule has 0 radical (unpaired) electrons. The molecule has 1 saturated carbocycles. The van der Waals surface area contributed by atoms with E-state index in [4.69, 9.17) is 23.2 Å². The van der Waals surface area contributed by atoms with E-state index in [1.54, 1.807) is 19.1 Å². The highest BCUT2D eigenvalue weighted by Crippen LogP contribution is 2.30. The molecule has 0 saturated heterocycles. The Morgan fingerprint density at radius 1 is 0.950 bits per heavy atom. The van der Waals surface area contributed by atoms with Crippen LogP contribution in [0.25, 0.3) is 0 Å². The van der Waals surface area contributed by atoms with Gasteiger partial charge in [-0.05, 0) is 62.6 Å². The lowest BCUT2D eigenvalue weighted by Crippen LogP contribution is -2.52. The first-order valence-corrected chi connectivity index (χ1v) is 15.4. The van der Waals surface area contributed by atoms with Gasteiger partial charge in [0.2, 0.25) is 11.8 Å². The number of halogens is 2. The monoisotopic (exact) mass is 601 g/mol. The van der Waals surface area contributed by atoms with Crippen molar-refractivity contribution in [2.75, 3.05) is 10.8 Å². The molecule has 1 aliphatic rings. The van der Waals surface area contributed by atoms with E-state index in [1.807, 2.05) is 37.3 Å². The van der Waals surface area contributed by atoms with Gasteiger partial charge in [0.15, 0.2) is 0 Å². The number of hydrogen-bond donors (Lipinski definition) is 1. The fourth-order valence-electron chi connectivity index (χ4n) is 4.80. The fraction of sp³-hybridized carbons (Fsp3) is 0.333. The predicted molar refractivity (Wildman–Crippen MR) is 159 cm³/mol. The number of rotatable bonds is 10. The minimum absolute atomic E-state index is 0.0173. The van der Waals surface area contributed by atoms with E-state index in [2.05, 4.69) is 5.32 Å². The molecule has 3 aromatic carbocycles. The summed E-state index contributed by atoms with van der Waals surface area (Å²) in [6.07, 6.45) is 3.92. The highest BCUT2D eigenvalue weighted by molar-refractivity contribution is 7.92. The highest BCUT2D eigenvalue weighted by atomic mass is 35.5. The Bertz CT molecular complexity index is 1420. The Kier molecular flexibility index (Phi) is 9.77. The van der Waals surface area contributed by atoms with Crippen LogP contribution in [0, 0.1) is 6.92 Å². The molecule has 1 aliphatic carbocycles. The number of nitrogens with one attached hydrogen (secondary N) is 1.